The summed E-state index contributed by atoms with van der Waals surface area (Å²) in [6, 6.07) is 13.9. The van der Waals surface area contributed by atoms with E-state index in [1.54, 1.807) is 0 Å². The number of aryl methyl sites for hydroxylation is 1. The normalized spacial score (nSPS) is 16.3. The molecule has 1 unspecified atom stereocenters. The van der Waals surface area contributed by atoms with Crippen molar-refractivity contribution in [2.24, 2.45) is 0 Å². The van der Waals surface area contributed by atoms with Crippen molar-refractivity contribution in [3.63, 3.8) is 0 Å². The third-order valence-electron chi connectivity index (χ3n) is 3.67. The average Bonchev–Trinajstić information content (AvgIpc) is 2.47. The predicted molar refractivity (Wildman–Crippen MR) is 85.2 cm³/mol. The van der Waals surface area contributed by atoms with Crippen LogP contribution >= 0.6 is 0 Å². The highest BCUT2D eigenvalue weighted by atomic mass is 16.5. The number of carbonyl (C=O) groups is 1. The maximum Gasteiger partial charge on any atom is 0.308 e. The van der Waals surface area contributed by atoms with Gasteiger partial charge in [0, 0.05) is 18.4 Å². The van der Waals surface area contributed by atoms with Gasteiger partial charge in [-0.15, -0.1) is 0 Å². The summed E-state index contributed by atoms with van der Waals surface area (Å²) in [6.07, 6.45) is 2.11. The van der Waals surface area contributed by atoms with E-state index in [-0.39, 0.29) is 11.9 Å². The zero-order chi connectivity index (χ0) is 15.7. The first-order valence-corrected chi connectivity index (χ1v) is 7.28. The lowest BCUT2D eigenvalue weighted by Crippen LogP contribution is -2.09. The number of hydrogen-bond acceptors (Lipinski definition) is 3. The average molecular weight is 294 g/mol. The highest BCUT2D eigenvalue weighted by Gasteiger charge is 2.22. The predicted octanol–water partition coefficient (Wildman–Crippen LogP) is 4.35. The molecular formula is C19H18O3. The van der Waals surface area contributed by atoms with E-state index in [1.807, 2.05) is 37.3 Å². The van der Waals surface area contributed by atoms with Gasteiger partial charge in [-0.3, -0.25) is 4.79 Å². The number of carbonyl (C=O) groups excluding carboxylic acids is 1. The molecule has 0 fully saturated rings. The van der Waals surface area contributed by atoms with E-state index < -0.39 is 0 Å². The molecule has 2 aromatic rings. The van der Waals surface area contributed by atoms with E-state index in [9.17, 15) is 4.79 Å². The van der Waals surface area contributed by atoms with Crippen molar-refractivity contribution in [1.82, 2.24) is 0 Å². The fourth-order valence-corrected chi connectivity index (χ4v) is 2.72. The van der Waals surface area contributed by atoms with Gasteiger partial charge in [0.1, 0.15) is 11.5 Å². The second-order valence-electron chi connectivity index (χ2n) is 5.56. The van der Waals surface area contributed by atoms with Crippen LogP contribution in [0.15, 0.2) is 54.3 Å². The van der Waals surface area contributed by atoms with Gasteiger partial charge in [-0.05, 0) is 43.7 Å². The van der Waals surface area contributed by atoms with E-state index in [0.29, 0.717) is 5.75 Å². The Hall–Kier alpha value is -2.55. The molecule has 0 radical (unpaired) electrons. The molecule has 112 valence electrons. The Bertz CT molecular complexity index is 742. The Kier molecular flexibility index (Phi) is 3.72. The second kappa shape index (κ2) is 5.68. The lowest BCUT2D eigenvalue weighted by molar-refractivity contribution is -0.131. The zero-order valence-electron chi connectivity index (χ0n) is 12.9. The molecular weight excluding hydrogens is 276 g/mol. The first-order valence-electron chi connectivity index (χ1n) is 7.28. The summed E-state index contributed by atoms with van der Waals surface area (Å²) in [5.74, 6) is 2.20. The van der Waals surface area contributed by atoms with Crippen molar-refractivity contribution < 1.29 is 14.3 Å². The summed E-state index contributed by atoms with van der Waals surface area (Å²) < 4.78 is 10.9. The molecule has 3 rings (SSSR count). The molecule has 0 amide bonds. The van der Waals surface area contributed by atoms with Crippen LogP contribution in [0.4, 0.5) is 0 Å². The van der Waals surface area contributed by atoms with Crippen LogP contribution in [-0.4, -0.2) is 5.97 Å². The largest absolute Gasteiger partial charge is 0.462 e. The monoisotopic (exact) mass is 294 g/mol. The Morgan fingerprint density at radius 1 is 1.09 bits per heavy atom. The smallest absolute Gasteiger partial charge is 0.308 e. The van der Waals surface area contributed by atoms with Crippen molar-refractivity contribution in [1.29, 1.82) is 0 Å². The Balaban J connectivity index is 1.98. The van der Waals surface area contributed by atoms with Crippen LogP contribution in [0.1, 0.15) is 36.5 Å². The molecule has 0 bridgehead atoms. The number of benzene rings is 2. The molecule has 0 spiro atoms. The first kappa shape index (κ1) is 14.4. The molecule has 1 atom stereocenters. The summed E-state index contributed by atoms with van der Waals surface area (Å²) in [7, 11) is 0. The van der Waals surface area contributed by atoms with E-state index in [0.717, 1.165) is 22.6 Å². The molecule has 2 aromatic carbocycles. The molecule has 1 heterocycles. The molecule has 0 saturated heterocycles. The third-order valence-corrected chi connectivity index (χ3v) is 3.67. The number of hydrogen-bond donors (Lipinski definition) is 0. The van der Waals surface area contributed by atoms with Gasteiger partial charge in [-0.1, -0.05) is 29.8 Å². The van der Waals surface area contributed by atoms with Crippen LogP contribution in [-0.2, 0) is 4.79 Å². The molecule has 0 aliphatic carbocycles. The zero-order valence-corrected chi connectivity index (χ0v) is 12.9. The molecule has 0 N–H and O–H groups in total. The van der Waals surface area contributed by atoms with E-state index in [4.69, 9.17) is 9.47 Å². The Morgan fingerprint density at radius 3 is 2.50 bits per heavy atom. The number of esters is 1. The summed E-state index contributed by atoms with van der Waals surface area (Å²) in [4.78, 5) is 11.0. The van der Waals surface area contributed by atoms with Gasteiger partial charge < -0.3 is 9.47 Å². The van der Waals surface area contributed by atoms with Crippen LogP contribution in [0.25, 0.3) is 0 Å². The van der Waals surface area contributed by atoms with Crippen LogP contribution in [0.5, 0.6) is 11.5 Å². The SMILES string of the molecule is CC(=O)Oc1ccc(C2C=C(C)Oc3ccc(C)cc32)cc1. The van der Waals surface area contributed by atoms with Gasteiger partial charge in [0.05, 0.1) is 5.76 Å². The minimum absolute atomic E-state index is 0.148. The molecule has 0 aromatic heterocycles. The first-order chi connectivity index (χ1) is 10.5. The second-order valence-corrected chi connectivity index (χ2v) is 5.56. The molecule has 1 aliphatic rings. The maximum atomic E-state index is 11.0. The van der Waals surface area contributed by atoms with Crippen LogP contribution in [0.3, 0.4) is 0 Å². The number of ether oxygens (including phenoxy) is 2. The van der Waals surface area contributed by atoms with Crippen LogP contribution in [0.2, 0.25) is 0 Å². The Labute approximate surface area is 130 Å². The van der Waals surface area contributed by atoms with E-state index >= 15 is 0 Å². The van der Waals surface area contributed by atoms with E-state index in [2.05, 4.69) is 25.1 Å². The highest BCUT2D eigenvalue weighted by molar-refractivity contribution is 5.69. The lowest BCUT2D eigenvalue weighted by Gasteiger charge is -2.24. The quantitative estimate of drug-likeness (QED) is 0.610. The topological polar surface area (TPSA) is 35.5 Å². The van der Waals surface area contributed by atoms with Gasteiger partial charge in [0.25, 0.3) is 0 Å². The molecule has 1 aliphatic heterocycles. The van der Waals surface area contributed by atoms with Crippen LogP contribution < -0.4 is 9.47 Å². The van der Waals surface area contributed by atoms with Gasteiger partial charge in [-0.2, -0.15) is 0 Å². The van der Waals surface area contributed by atoms with Crippen molar-refractivity contribution in [2.45, 2.75) is 26.7 Å². The van der Waals surface area contributed by atoms with Crippen molar-refractivity contribution >= 4 is 5.97 Å². The molecule has 0 saturated carbocycles. The van der Waals surface area contributed by atoms with E-state index in [1.165, 1.54) is 12.5 Å². The minimum Gasteiger partial charge on any atom is -0.462 e. The number of rotatable bonds is 2. The maximum absolute atomic E-state index is 11.0. The van der Waals surface area contributed by atoms with Gasteiger partial charge in [0.15, 0.2) is 0 Å². The highest BCUT2D eigenvalue weighted by Crippen LogP contribution is 2.39. The molecule has 3 heteroatoms. The fraction of sp³-hybridized carbons (Fsp3) is 0.211. The standard InChI is InChI=1S/C19H18O3/c1-12-4-9-19-18(10-12)17(11-13(2)21-19)15-5-7-16(8-6-15)22-14(3)20/h4-11,17H,1-3H3. The minimum atomic E-state index is -0.310. The number of allylic oxidation sites excluding steroid dienone is 2. The van der Waals surface area contributed by atoms with Gasteiger partial charge >= 0.3 is 5.97 Å². The van der Waals surface area contributed by atoms with Gasteiger partial charge in [0.2, 0.25) is 0 Å². The Morgan fingerprint density at radius 2 is 1.82 bits per heavy atom. The lowest BCUT2D eigenvalue weighted by atomic mass is 9.88. The summed E-state index contributed by atoms with van der Waals surface area (Å²) in [5.41, 5.74) is 3.51. The van der Waals surface area contributed by atoms with Crippen molar-refractivity contribution in [3.8, 4) is 11.5 Å². The molecule has 22 heavy (non-hydrogen) atoms. The van der Waals surface area contributed by atoms with Gasteiger partial charge in [-0.25, -0.2) is 0 Å². The summed E-state index contributed by atoms with van der Waals surface area (Å²) in [5, 5.41) is 0. The summed E-state index contributed by atoms with van der Waals surface area (Å²) in [6.45, 7) is 5.44. The van der Waals surface area contributed by atoms with Crippen molar-refractivity contribution in [3.05, 3.63) is 71.0 Å². The molecule has 3 nitrogen and oxygen atoms in total. The van der Waals surface area contributed by atoms with Crippen LogP contribution in [0, 0.1) is 6.92 Å². The summed E-state index contributed by atoms with van der Waals surface area (Å²) >= 11 is 0. The third kappa shape index (κ3) is 2.89. The van der Waals surface area contributed by atoms with Crippen molar-refractivity contribution in [2.75, 3.05) is 0 Å². The fourth-order valence-electron chi connectivity index (χ4n) is 2.72. The number of fused-ring (bicyclic) bond motifs is 1.